The summed E-state index contributed by atoms with van der Waals surface area (Å²) >= 11 is 3.27. The molecule has 1 N–H and O–H groups in total. The quantitative estimate of drug-likeness (QED) is 0.812. The number of halogens is 1. The number of hydrogen-bond donors (Lipinski definition) is 1. The molecule has 0 aliphatic carbocycles. The largest absolute Gasteiger partial charge is 0.353 e. The van der Waals surface area contributed by atoms with E-state index in [2.05, 4.69) is 26.2 Å². The first kappa shape index (κ1) is 11.1. The Bertz CT molecular complexity index is 436. The second-order valence-electron chi connectivity index (χ2n) is 3.41. The lowest BCUT2D eigenvalue weighted by Gasteiger charge is -2.26. The molecule has 0 aromatic carbocycles. The van der Waals surface area contributed by atoms with Crippen molar-refractivity contribution in [1.82, 2.24) is 15.2 Å². The van der Waals surface area contributed by atoms with Crippen molar-refractivity contribution in [2.45, 2.75) is 0 Å². The van der Waals surface area contributed by atoms with Gasteiger partial charge in [-0.1, -0.05) is 0 Å². The van der Waals surface area contributed by atoms with Gasteiger partial charge in [-0.25, -0.2) is 4.98 Å². The van der Waals surface area contributed by atoms with E-state index in [1.54, 1.807) is 18.3 Å². The third kappa shape index (κ3) is 2.21. The molecule has 1 aliphatic heterocycles. The van der Waals surface area contributed by atoms with Crippen molar-refractivity contribution in [2.75, 3.05) is 19.6 Å². The first-order chi connectivity index (χ1) is 7.68. The fourth-order valence-electron chi connectivity index (χ4n) is 1.50. The average molecular weight is 284 g/mol. The van der Waals surface area contributed by atoms with Crippen LogP contribution in [0.1, 0.15) is 10.5 Å². The zero-order chi connectivity index (χ0) is 11.5. The summed E-state index contributed by atoms with van der Waals surface area (Å²) < 4.78 is 0.644. The predicted octanol–water partition coefficient (Wildman–Crippen LogP) is 0.416. The lowest BCUT2D eigenvalue weighted by Crippen LogP contribution is -2.50. The Hall–Kier alpha value is -1.43. The van der Waals surface area contributed by atoms with Crippen molar-refractivity contribution >= 4 is 27.7 Å². The van der Waals surface area contributed by atoms with Gasteiger partial charge in [0.25, 0.3) is 5.91 Å². The second-order valence-corrected chi connectivity index (χ2v) is 4.26. The van der Waals surface area contributed by atoms with Crippen LogP contribution in [0.5, 0.6) is 0 Å². The van der Waals surface area contributed by atoms with Crippen molar-refractivity contribution in [2.24, 2.45) is 0 Å². The maximum absolute atomic E-state index is 12.0. The molecule has 0 bridgehead atoms. The SMILES string of the molecule is O=C1CN(C(=O)c2ncccc2Br)CCN1. The van der Waals surface area contributed by atoms with Crippen LogP contribution in [0.2, 0.25) is 0 Å². The van der Waals surface area contributed by atoms with Crippen molar-refractivity contribution in [3.63, 3.8) is 0 Å². The molecule has 0 unspecified atom stereocenters. The van der Waals surface area contributed by atoms with Gasteiger partial charge in [0.05, 0.1) is 6.54 Å². The molecule has 0 spiro atoms. The number of nitrogens with one attached hydrogen (secondary N) is 1. The molecule has 1 aliphatic rings. The van der Waals surface area contributed by atoms with E-state index in [1.165, 1.54) is 4.90 Å². The van der Waals surface area contributed by atoms with Crippen LogP contribution in [0.25, 0.3) is 0 Å². The predicted molar refractivity (Wildman–Crippen MR) is 60.9 cm³/mol. The van der Waals surface area contributed by atoms with Gasteiger partial charge in [0, 0.05) is 23.8 Å². The lowest BCUT2D eigenvalue weighted by molar-refractivity contribution is -0.123. The fourth-order valence-corrected chi connectivity index (χ4v) is 1.93. The van der Waals surface area contributed by atoms with Crippen LogP contribution in [0.15, 0.2) is 22.8 Å². The number of aromatic nitrogens is 1. The summed E-state index contributed by atoms with van der Waals surface area (Å²) in [6.07, 6.45) is 1.56. The summed E-state index contributed by atoms with van der Waals surface area (Å²) in [6, 6.07) is 3.49. The van der Waals surface area contributed by atoms with Gasteiger partial charge in [0.1, 0.15) is 5.69 Å². The van der Waals surface area contributed by atoms with Crippen molar-refractivity contribution < 1.29 is 9.59 Å². The summed E-state index contributed by atoms with van der Waals surface area (Å²) in [5, 5.41) is 2.67. The lowest BCUT2D eigenvalue weighted by atomic mass is 10.3. The van der Waals surface area contributed by atoms with E-state index in [0.29, 0.717) is 23.3 Å². The number of carbonyl (C=O) groups excluding carboxylic acids is 2. The van der Waals surface area contributed by atoms with Crippen LogP contribution in [0, 0.1) is 0 Å². The van der Waals surface area contributed by atoms with Gasteiger partial charge >= 0.3 is 0 Å². The summed E-state index contributed by atoms with van der Waals surface area (Å²) in [6.45, 7) is 1.12. The Balaban J connectivity index is 2.19. The first-order valence-corrected chi connectivity index (χ1v) is 5.64. The van der Waals surface area contributed by atoms with E-state index in [1.807, 2.05) is 0 Å². The minimum absolute atomic E-state index is 0.0991. The Labute approximate surface area is 101 Å². The van der Waals surface area contributed by atoms with E-state index in [9.17, 15) is 9.59 Å². The highest BCUT2D eigenvalue weighted by molar-refractivity contribution is 9.10. The van der Waals surface area contributed by atoms with Crippen molar-refractivity contribution in [3.8, 4) is 0 Å². The van der Waals surface area contributed by atoms with Gasteiger partial charge in [-0.05, 0) is 28.1 Å². The topological polar surface area (TPSA) is 62.3 Å². The molecule has 1 aromatic rings. The van der Waals surface area contributed by atoms with Crippen molar-refractivity contribution in [3.05, 3.63) is 28.5 Å². The fraction of sp³-hybridized carbons (Fsp3) is 0.300. The van der Waals surface area contributed by atoms with Crippen LogP contribution >= 0.6 is 15.9 Å². The smallest absolute Gasteiger partial charge is 0.274 e. The van der Waals surface area contributed by atoms with Crippen LogP contribution in [-0.4, -0.2) is 41.3 Å². The monoisotopic (exact) mass is 283 g/mol. The number of hydrogen-bond acceptors (Lipinski definition) is 3. The highest BCUT2D eigenvalue weighted by atomic mass is 79.9. The minimum atomic E-state index is -0.220. The molecule has 5 nitrogen and oxygen atoms in total. The normalized spacial score (nSPS) is 15.8. The Morgan fingerprint density at radius 1 is 1.56 bits per heavy atom. The van der Waals surface area contributed by atoms with Crippen LogP contribution in [-0.2, 0) is 4.79 Å². The Morgan fingerprint density at radius 2 is 2.38 bits per heavy atom. The molecule has 0 atom stereocenters. The molecule has 1 saturated heterocycles. The summed E-state index contributed by atoms with van der Waals surface area (Å²) in [5.41, 5.74) is 0.345. The molecular weight excluding hydrogens is 274 g/mol. The maximum Gasteiger partial charge on any atom is 0.274 e. The number of pyridine rings is 1. The number of amides is 2. The minimum Gasteiger partial charge on any atom is -0.353 e. The third-order valence-corrected chi connectivity index (χ3v) is 2.93. The van der Waals surface area contributed by atoms with E-state index >= 15 is 0 Å². The van der Waals surface area contributed by atoms with Gasteiger partial charge in [-0.2, -0.15) is 0 Å². The number of rotatable bonds is 1. The van der Waals surface area contributed by atoms with Crippen LogP contribution in [0.3, 0.4) is 0 Å². The zero-order valence-electron chi connectivity index (χ0n) is 8.44. The van der Waals surface area contributed by atoms with Gasteiger partial charge in [0.2, 0.25) is 5.91 Å². The molecule has 2 rings (SSSR count). The summed E-state index contributed by atoms with van der Waals surface area (Å²) in [4.78, 5) is 28.7. The number of carbonyl (C=O) groups is 2. The van der Waals surface area contributed by atoms with Crippen LogP contribution < -0.4 is 5.32 Å². The van der Waals surface area contributed by atoms with Crippen molar-refractivity contribution in [1.29, 1.82) is 0 Å². The summed E-state index contributed by atoms with van der Waals surface area (Å²) in [7, 11) is 0. The van der Waals surface area contributed by atoms with E-state index in [4.69, 9.17) is 0 Å². The first-order valence-electron chi connectivity index (χ1n) is 4.85. The number of piperazine rings is 1. The highest BCUT2D eigenvalue weighted by Crippen LogP contribution is 2.15. The highest BCUT2D eigenvalue weighted by Gasteiger charge is 2.24. The standard InChI is InChI=1S/C10H10BrN3O2/c11-7-2-1-3-13-9(7)10(16)14-5-4-12-8(15)6-14/h1-3H,4-6H2,(H,12,15). The molecule has 6 heteroatoms. The number of nitrogens with zero attached hydrogens (tertiary/aromatic N) is 2. The maximum atomic E-state index is 12.0. The molecule has 1 aromatic heterocycles. The Morgan fingerprint density at radius 3 is 3.06 bits per heavy atom. The van der Waals surface area contributed by atoms with E-state index in [0.717, 1.165) is 0 Å². The molecule has 2 amide bonds. The zero-order valence-corrected chi connectivity index (χ0v) is 10.0. The van der Waals surface area contributed by atoms with Gasteiger partial charge < -0.3 is 10.2 Å². The molecule has 84 valence electrons. The molecule has 16 heavy (non-hydrogen) atoms. The summed E-state index contributed by atoms with van der Waals surface area (Å²) in [5.74, 6) is -0.353. The average Bonchev–Trinajstić information content (AvgIpc) is 2.29. The van der Waals surface area contributed by atoms with Gasteiger partial charge in [-0.15, -0.1) is 0 Å². The molecule has 1 fully saturated rings. The van der Waals surface area contributed by atoms with Crippen LogP contribution in [0.4, 0.5) is 0 Å². The Kier molecular flexibility index (Phi) is 3.19. The molecule has 0 radical (unpaired) electrons. The van der Waals surface area contributed by atoms with E-state index < -0.39 is 0 Å². The molecule has 2 heterocycles. The van der Waals surface area contributed by atoms with Gasteiger partial charge in [-0.3, -0.25) is 9.59 Å². The van der Waals surface area contributed by atoms with E-state index in [-0.39, 0.29) is 18.4 Å². The molecule has 0 saturated carbocycles. The molecular formula is C10H10BrN3O2. The van der Waals surface area contributed by atoms with Gasteiger partial charge in [0.15, 0.2) is 0 Å². The third-order valence-electron chi connectivity index (χ3n) is 2.29. The second kappa shape index (κ2) is 4.61.